The maximum atomic E-state index is 12.6. The fraction of sp³-hybridized carbons (Fsp3) is 0.364. The minimum Gasteiger partial charge on any atom is -0.479 e. The summed E-state index contributed by atoms with van der Waals surface area (Å²) in [6, 6.07) is 4.23. The summed E-state index contributed by atoms with van der Waals surface area (Å²) in [5.41, 5.74) is 5.76. The van der Waals surface area contributed by atoms with Crippen LogP contribution in [0.25, 0.3) is 0 Å². The molecule has 0 radical (unpaired) electrons. The molecule has 1 aromatic rings. The van der Waals surface area contributed by atoms with E-state index >= 15 is 0 Å². The second-order valence-corrected chi connectivity index (χ2v) is 3.97. The van der Waals surface area contributed by atoms with Crippen LogP contribution in [-0.2, 0) is 6.54 Å². The van der Waals surface area contributed by atoms with E-state index in [1.54, 1.807) is 0 Å². The number of amides is 1. The van der Waals surface area contributed by atoms with Gasteiger partial charge in [-0.3, -0.25) is 4.79 Å². The van der Waals surface area contributed by atoms with E-state index in [-0.39, 0.29) is 24.4 Å². The normalized spacial score (nSPS) is 19.6. The Bertz CT molecular complexity index is 474. The minimum absolute atomic E-state index is 0.0404. The van der Waals surface area contributed by atoms with Crippen LogP contribution in [0.5, 0.6) is 5.75 Å². The van der Waals surface area contributed by atoms with Crippen LogP contribution < -0.4 is 15.8 Å². The highest BCUT2D eigenvalue weighted by molar-refractivity contribution is 5.93. The second-order valence-electron chi connectivity index (χ2n) is 3.97. The molecule has 1 unspecified atom stereocenters. The van der Waals surface area contributed by atoms with Gasteiger partial charge < -0.3 is 15.8 Å². The van der Waals surface area contributed by atoms with Crippen LogP contribution in [0.1, 0.15) is 15.9 Å². The lowest BCUT2D eigenvalue weighted by molar-refractivity contribution is -0.192. The first-order chi connectivity index (χ1) is 8.38. The van der Waals surface area contributed by atoms with Gasteiger partial charge >= 0.3 is 6.18 Å². The van der Waals surface area contributed by atoms with Crippen LogP contribution in [0.15, 0.2) is 18.2 Å². The lowest BCUT2D eigenvalue weighted by Crippen LogP contribution is -2.41. The van der Waals surface area contributed by atoms with Crippen molar-refractivity contribution in [3.05, 3.63) is 29.3 Å². The van der Waals surface area contributed by atoms with Gasteiger partial charge in [0.15, 0.2) is 0 Å². The van der Waals surface area contributed by atoms with Crippen LogP contribution >= 0.6 is 0 Å². The molecule has 1 amide bonds. The lowest BCUT2D eigenvalue weighted by Gasteiger charge is -2.20. The Morgan fingerprint density at radius 1 is 1.44 bits per heavy atom. The van der Waals surface area contributed by atoms with Crippen molar-refractivity contribution in [2.75, 3.05) is 6.54 Å². The number of hydrogen-bond donors (Lipinski definition) is 2. The van der Waals surface area contributed by atoms with Gasteiger partial charge in [-0.2, -0.15) is 13.2 Å². The minimum atomic E-state index is -4.46. The second kappa shape index (κ2) is 4.49. The topological polar surface area (TPSA) is 64.4 Å². The number of primary amides is 1. The van der Waals surface area contributed by atoms with E-state index in [1.807, 2.05) is 0 Å². The standard InChI is InChI=1S/C11H11F3N2O2/c12-11(13,14)9-5-16-4-7-2-1-6(10(15)17)3-8(7)18-9/h1-3,9,16H,4-5H2,(H2,15,17). The summed E-state index contributed by atoms with van der Waals surface area (Å²) < 4.78 is 42.8. The first-order valence-corrected chi connectivity index (χ1v) is 5.25. The highest BCUT2D eigenvalue weighted by Crippen LogP contribution is 2.30. The van der Waals surface area contributed by atoms with E-state index in [1.165, 1.54) is 18.2 Å². The Kier molecular flexibility index (Phi) is 3.16. The van der Waals surface area contributed by atoms with Crippen molar-refractivity contribution in [2.45, 2.75) is 18.8 Å². The molecule has 0 aliphatic carbocycles. The molecule has 4 nitrogen and oxygen atoms in total. The Hall–Kier alpha value is -1.76. The van der Waals surface area contributed by atoms with Gasteiger partial charge in [0.2, 0.25) is 12.0 Å². The number of ether oxygens (including phenoxy) is 1. The molecule has 0 aromatic heterocycles. The third-order valence-corrected chi connectivity index (χ3v) is 2.63. The first kappa shape index (κ1) is 12.7. The van der Waals surface area contributed by atoms with E-state index < -0.39 is 18.2 Å². The van der Waals surface area contributed by atoms with Crippen LogP contribution in [0.3, 0.4) is 0 Å². The van der Waals surface area contributed by atoms with Gasteiger partial charge in [-0.05, 0) is 12.1 Å². The van der Waals surface area contributed by atoms with Crippen LogP contribution in [0.4, 0.5) is 13.2 Å². The van der Waals surface area contributed by atoms with Crippen molar-refractivity contribution < 1.29 is 22.7 Å². The molecular weight excluding hydrogens is 249 g/mol. The molecule has 1 aliphatic heterocycles. The van der Waals surface area contributed by atoms with Crippen molar-refractivity contribution in [3.8, 4) is 5.75 Å². The molecule has 1 heterocycles. The molecule has 0 saturated carbocycles. The number of carbonyl (C=O) groups is 1. The molecule has 0 bridgehead atoms. The van der Waals surface area contributed by atoms with Gasteiger partial charge in [-0.1, -0.05) is 6.07 Å². The van der Waals surface area contributed by atoms with Gasteiger partial charge in [-0.15, -0.1) is 0 Å². The van der Waals surface area contributed by atoms with Gasteiger partial charge in [0.25, 0.3) is 0 Å². The smallest absolute Gasteiger partial charge is 0.426 e. The Morgan fingerprint density at radius 2 is 2.17 bits per heavy atom. The van der Waals surface area contributed by atoms with Crippen molar-refractivity contribution in [1.29, 1.82) is 0 Å². The molecule has 0 fully saturated rings. The highest BCUT2D eigenvalue weighted by atomic mass is 19.4. The van der Waals surface area contributed by atoms with E-state index in [2.05, 4.69) is 5.32 Å². The Balaban J connectivity index is 2.34. The summed E-state index contributed by atoms with van der Waals surface area (Å²) in [6.45, 7) is -0.0783. The average molecular weight is 260 g/mol. The third-order valence-electron chi connectivity index (χ3n) is 2.63. The first-order valence-electron chi connectivity index (χ1n) is 5.25. The largest absolute Gasteiger partial charge is 0.479 e. The third kappa shape index (κ3) is 2.56. The zero-order valence-electron chi connectivity index (χ0n) is 9.25. The quantitative estimate of drug-likeness (QED) is 0.797. The predicted octanol–water partition coefficient (Wildman–Crippen LogP) is 1.20. The maximum absolute atomic E-state index is 12.6. The molecule has 0 saturated heterocycles. The molecule has 1 aromatic carbocycles. The summed E-state index contributed by atoms with van der Waals surface area (Å²) in [5, 5.41) is 2.65. The van der Waals surface area contributed by atoms with Gasteiger partial charge in [-0.25, -0.2) is 0 Å². The molecule has 98 valence electrons. The molecule has 7 heteroatoms. The number of rotatable bonds is 1. The van der Waals surface area contributed by atoms with Crippen molar-refractivity contribution in [2.24, 2.45) is 5.73 Å². The SMILES string of the molecule is NC(=O)c1ccc2c(c1)OC(C(F)(F)F)CNC2. The van der Waals surface area contributed by atoms with Gasteiger partial charge in [0.1, 0.15) is 5.75 Å². The summed E-state index contributed by atoms with van der Waals surface area (Å²) in [7, 11) is 0. The van der Waals surface area contributed by atoms with Crippen molar-refractivity contribution >= 4 is 5.91 Å². The number of carbonyl (C=O) groups excluding carboxylic acids is 1. The van der Waals surface area contributed by atoms with Crippen LogP contribution in [0, 0.1) is 0 Å². The van der Waals surface area contributed by atoms with Crippen LogP contribution in [0.2, 0.25) is 0 Å². The molecule has 1 aliphatic rings. The van der Waals surface area contributed by atoms with E-state index in [9.17, 15) is 18.0 Å². The lowest BCUT2D eigenvalue weighted by atomic mass is 10.1. The summed E-state index contributed by atoms with van der Waals surface area (Å²) in [4.78, 5) is 11.0. The monoisotopic (exact) mass is 260 g/mol. The Labute approximate surface area is 101 Å². The van der Waals surface area contributed by atoms with E-state index in [0.717, 1.165) is 0 Å². The average Bonchev–Trinajstić information content (AvgIpc) is 2.48. The van der Waals surface area contributed by atoms with Gasteiger partial charge in [0.05, 0.1) is 0 Å². The fourth-order valence-electron chi connectivity index (χ4n) is 1.68. The molecule has 1 atom stereocenters. The molecule has 2 rings (SSSR count). The van der Waals surface area contributed by atoms with Gasteiger partial charge in [0, 0.05) is 24.2 Å². The number of alkyl halides is 3. The molecule has 18 heavy (non-hydrogen) atoms. The van der Waals surface area contributed by atoms with E-state index in [4.69, 9.17) is 10.5 Å². The Morgan fingerprint density at radius 3 is 2.78 bits per heavy atom. The fourth-order valence-corrected chi connectivity index (χ4v) is 1.68. The zero-order chi connectivity index (χ0) is 13.3. The van der Waals surface area contributed by atoms with E-state index in [0.29, 0.717) is 5.56 Å². The number of nitrogens with two attached hydrogens (primary N) is 1. The van der Waals surface area contributed by atoms with Crippen molar-refractivity contribution in [3.63, 3.8) is 0 Å². The summed E-state index contributed by atoms with van der Waals surface area (Å²) in [6.07, 6.45) is -6.39. The predicted molar refractivity (Wildman–Crippen MR) is 57.1 cm³/mol. The van der Waals surface area contributed by atoms with Crippen LogP contribution in [-0.4, -0.2) is 24.7 Å². The maximum Gasteiger partial charge on any atom is 0.426 e. The zero-order valence-corrected chi connectivity index (χ0v) is 9.25. The van der Waals surface area contributed by atoms with Crippen molar-refractivity contribution in [1.82, 2.24) is 5.32 Å². The molecule has 0 spiro atoms. The number of benzene rings is 1. The number of fused-ring (bicyclic) bond motifs is 1. The number of hydrogen-bond acceptors (Lipinski definition) is 3. The summed E-state index contributed by atoms with van der Waals surface area (Å²) >= 11 is 0. The highest BCUT2D eigenvalue weighted by Gasteiger charge is 2.42. The number of nitrogens with one attached hydrogen (secondary N) is 1. The number of halogens is 3. The molecular formula is C11H11F3N2O2. The molecule has 3 N–H and O–H groups in total. The summed E-state index contributed by atoms with van der Waals surface area (Å²) in [5.74, 6) is -0.666.